The molecule has 4 atom stereocenters. The Balaban J connectivity index is 0.000000477. The lowest BCUT2D eigenvalue weighted by atomic mass is 9.80. The Kier molecular flexibility index (Phi) is 15.2. The van der Waals surface area contributed by atoms with E-state index in [-0.39, 0.29) is 30.0 Å². The number of nitrogens with zero attached hydrogens (tertiary/aromatic N) is 1. The van der Waals surface area contributed by atoms with Gasteiger partial charge in [0, 0.05) is 37.5 Å². The first-order valence-electron chi connectivity index (χ1n) is 11.1. The molecule has 0 bridgehead atoms. The number of β-amino-alcohol motifs (C(OH)–C–C–N with tert-alkyl or cyclic N) is 1. The van der Waals surface area contributed by atoms with Gasteiger partial charge in [-0.15, -0.1) is 12.3 Å². The van der Waals surface area contributed by atoms with Gasteiger partial charge in [-0.2, -0.15) is 0 Å². The zero-order valence-corrected chi connectivity index (χ0v) is 19.4. The van der Waals surface area contributed by atoms with Gasteiger partial charge in [-0.05, 0) is 31.6 Å². The number of nitrogens with one attached hydrogen (secondary N) is 2. The van der Waals surface area contributed by atoms with Crippen molar-refractivity contribution in [2.75, 3.05) is 26.2 Å². The molecule has 1 aliphatic carbocycles. The molecule has 0 spiro atoms. The van der Waals surface area contributed by atoms with E-state index in [0.717, 1.165) is 18.8 Å². The molecule has 7 heteroatoms. The van der Waals surface area contributed by atoms with Crippen molar-refractivity contribution in [3.63, 3.8) is 0 Å². The normalized spacial score (nSPS) is 25.5. The fraction of sp³-hybridized carbons (Fsp3) is 0.826. The average molecular weight is 426 g/mol. The van der Waals surface area contributed by atoms with E-state index in [1.165, 1.54) is 0 Å². The van der Waals surface area contributed by atoms with Crippen LogP contribution in [0.3, 0.4) is 0 Å². The Hall–Kier alpha value is -1.62. The maximum Gasteiger partial charge on any atom is 0.236 e. The maximum absolute atomic E-state index is 11.4. The van der Waals surface area contributed by atoms with Crippen LogP contribution in [0.5, 0.6) is 0 Å². The Bertz CT molecular complexity index is 516. The summed E-state index contributed by atoms with van der Waals surface area (Å²) in [6, 6.07) is 0.330. The number of carbonyl (C=O) groups excluding carboxylic acids is 2. The van der Waals surface area contributed by atoms with Gasteiger partial charge in [-0.3, -0.25) is 9.59 Å². The van der Waals surface area contributed by atoms with E-state index in [1.54, 1.807) is 4.90 Å². The van der Waals surface area contributed by atoms with Gasteiger partial charge in [0.1, 0.15) is 0 Å². The summed E-state index contributed by atoms with van der Waals surface area (Å²) in [5.41, 5.74) is 0. The van der Waals surface area contributed by atoms with E-state index in [1.807, 2.05) is 13.8 Å². The van der Waals surface area contributed by atoms with Gasteiger partial charge >= 0.3 is 0 Å². The van der Waals surface area contributed by atoms with Crippen molar-refractivity contribution in [3.05, 3.63) is 0 Å². The number of rotatable bonds is 6. The highest BCUT2D eigenvalue weighted by molar-refractivity contribution is 5.78. The quantitative estimate of drug-likeness (QED) is 0.380. The number of carbonyl (C=O) groups is 2. The molecule has 1 heterocycles. The molecule has 7 nitrogen and oxygen atoms in total. The van der Waals surface area contributed by atoms with E-state index < -0.39 is 0 Å². The third-order valence-corrected chi connectivity index (χ3v) is 4.83. The predicted molar refractivity (Wildman–Crippen MR) is 121 cm³/mol. The van der Waals surface area contributed by atoms with Gasteiger partial charge < -0.3 is 25.7 Å². The number of hydrogen-bond donors (Lipinski definition) is 4. The molecule has 174 valence electrons. The van der Waals surface area contributed by atoms with Crippen LogP contribution in [0.4, 0.5) is 0 Å². The molecule has 0 aromatic heterocycles. The van der Waals surface area contributed by atoms with Gasteiger partial charge in [0.15, 0.2) is 0 Å². The first kappa shape index (κ1) is 28.4. The first-order chi connectivity index (χ1) is 14.1. The van der Waals surface area contributed by atoms with Crippen LogP contribution in [-0.2, 0) is 9.59 Å². The highest BCUT2D eigenvalue weighted by Crippen LogP contribution is 2.28. The van der Waals surface area contributed by atoms with Crippen molar-refractivity contribution in [2.45, 2.75) is 78.6 Å². The van der Waals surface area contributed by atoms with Crippen LogP contribution in [0.15, 0.2) is 0 Å². The number of hydrogen-bond acceptors (Lipinski definition) is 5. The molecule has 2 aliphatic rings. The van der Waals surface area contributed by atoms with Crippen LogP contribution >= 0.6 is 0 Å². The van der Waals surface area contributed by atoms with Gasteiger partial charge in [-0.25, -0.2) is 0 Å². The second kappa shape index (κ2) is 16.1. The van der Waals surface area contributed by atoms with Crippen LogP contribution < -0.4 is 10.6 Å². The molecular weight excluding hydrogens is 382 g/mol. The summed E-state index contributed by atoms with van der Waals surface area (Å²) >= 11 is 0. The SMILES string of the molecule is C#CC1CCC(CNC=O)C(O)C1.CC(C)C.CC(C)NCC(=O)N1CCC(O)C1. The minimum Gasteiger partial charge on any atom is -0.393 e. The molecule has 0 radical (unpaired) electrons. The van der Waals surface area contributed by atoms with Crippen LogP contribution in [0.2, 0.25) is 0 Å². The zero-order chi connectivity index (χ0) is 23.1. The van der Waals surface area contributed by atoms with E-state index in [9.17, 15) is 19.8 Å². The predicted octanol–water partition coefficient (Wildman–Crippen LogP) is 1.38. The average Bonchev–Trinajstić information content (AvgIpc) is 3.11. The number of likely N-dealkylation sites (tertiary alicyclic amines) is 1. The summed E-state index contributed by atoms with van der Waals surface area (Å²) in [7, 11) is 0. The smallest absolute Gasteiger partial charge is 0.236 e. The summed E-state index contributed by atoms with van der Waals surface area (Å²) in [6.07, 6.45) is 8.51. The fourth-order valence-corrected chi connectivity index (χ4v) is 3.17. The van der Waals surface area contributed by atoms with Gasteiger partial charge in [0.25, 0.3) is 0 Å². The molecule has 2 fully saturated rings. The lowest BCUT2D eigenvalue weighted by Crippen LogP contribution is -2.39. The van der Waals surface area contributed by atoms with Crippen LogP contribution in [0, 0.1) is 30.1 Å². The molecule has 0 aromatic rings. The summed E-state index contributed by atoms with van der Waals surface area (Å²) in [5.74, 6) is 3.97. The first-order valence-corrected chi connectivity index (χ1v) is 11.1. The molecule has 2 amide bonds. The Labute approximate surface area is 183 Å². The second-order valence-electron chi connectivity index (χ2n) is 9.08. The molecule has 2 rings (SSSR count). The number of aliphatic hydroxyl groups excluding tert-OH is 2. The van der Waals surface area contributed by atoms with E-state index in [2.05, 4.69) is 37.3 Å². The number of terminal acetylenes is 1. The fourth-order valence-electron chi connectivity index (χ4n) is 3.17. The third-order valence-electron chi connectivity index (χ3n) is 4.83. The van der Waals surface area contributed by atoms with Crippen molar-refractivity contribution in [1.29, 1.82) is 0 Å². The molecule has 0 aromatic carbocycles. The highest BCUT2D eigenvalue weighted by Gasteiger charge is 2.27. The zero-order valence-electron chi connectivity index (χ0n) is 19.4. The van der Waals surface area contributed by atoms with E-state index >= 15 is 0 Å². The molecule has 1 saturated heterocycles. The van der Waals surface area contributed by atoms with Gasteiger partial charge in [0.05, 0.1) is 18.8 Å². The number of amides is 2. The lowest BCUT2D eigenvalue weighted by molar-refractivity contribution is -0.129. The molecule has 4 unspecified atom stereocenters. The summed E-state index contributed by atoms with van der Waals surface area (Å²) in [4.78, 5) is 23.2. The van der Waals surface area contributed by atoms with Gasteiger partial charge in [0.2, 0.25) is 12.3 Å². The van der Waals surface area contributed by atoms with E-state index in [4.69, 9.17) is 6.42 Å². The van der Waals surface area contributed by atoms with Crippen molar-refractivity contribution in [2.24, 2.45) is 17.8 Å². The Morgan fingerprint density at radius 1 is 1.20 bits per heavy atom. The van der Waals surface area contributed by atoms with Crippen molar-refractivity contribution in [3.8, 4) is 12.3 Å². The van der Waals surface area contributed by atoms with E-state index in [0.29, 0.717) is 51.5 Å². The minimum atomic E-state index is -0.359. The minimum absolute atomic E-state index is 0.0882. The topological polar surface area (TPSA) is 102 Å². The largest absolute Gasteiger partial charge is 0.393 e. The summed E-state index contributed by atoms with van der Waals surface area (Å²) in [6.45, 7) is 12.6. The van der Waals surface area contributed by atoms with Crippen LogP contribution in [0.1, 0.15) is 60.3 Å². The Morgan fingerprint density at radius 2 is 1.83 bits per heavy atom. The highest BCUT2D eigenvalue weighted by atomic mass is 16.3. The maximum atomic E-state index is 11.4. The molecule has 1 saturated carbocycles. The van der Waals surface area contributed by atoms with Crippen LogP contribution in [-0.4, -0.2) is 71.9 Å². The van der Waals surface area contributed by atoms with Crippen molar-refractivity contribution in [1.82, 2.24) is 15.5 Å². The molecule has 4 N–H and O–H groups in total. The molecular formula is C23H43N3O4. The summed E-state index contributed by atoms with van der Waals surface area (Å²) < 4.78 is 0. The molecule has 30 heavy (non-hydrogen) atoms. The van der Waals surface area contributed by atoms with Crippen LogP contribution in [0.25, 0.3) is 0 Å². The van der Waals surface area contributed by atoms with Crippen molar-refractivity contribution < 1.29 is 19.8 Å². The second-order valence-corrected chi connectivity index (χ2v) is 9.08. The lowest BCUT2D eigenvalue weighted by Gasteiger charge is -2.30. The third kappa shape index (κ3) is 13.6. The standard InChI is InChI=1S/C10H15NO2.C9H18N2O2.C4H10/c1-2-8-3-4-9(6-11-7-12)10(13)5-8;1-7(2)10-5-9(13)11-4-3-8(12)6-11;1-4(2)3/h1,7-10,13H,3-6H2,(H,11,12);7-8,10,12H,3-6H2,1-2H3;4H,1-3H3. The molecule has 1 aliphatic heterocycles. The van der Waals surface area contributed by atoms with Crippen molar-refractivity contribution >= 4 is 12.3 Å². The Morgan fingerprint density at radius 3 is 2.27 bits per heavy atom. The summed E-state index contributed by atoms with van der Waals surface area (Å²) in [5, 5.41) is 24.5. The number of aliphatic hydroxyl groups is 2. The van der Waals surface area contributed by atoms with Gasteiger partial charge in [-0.1, -0.05) is 34.6 Å². The monoisotopic (exact) mass is 425 g/mol.